The van der Waals surface area contributed by atoms with Gasteiger partial charge in [-0.25, -0.2) is 0 Å². The lowest BCUT2D eigenvalue weighted by molar-refractivity contribution is -0.120. The SMILES string of the molecule is COCCNC(=O)CNC1CCCC1SC. The van der Waals surface area contributed by atoms with E-state index in [1.807, 2.05) is 11.8 Å². The van der Waals surface area contributed by atoms with Crippen molar-refractivity contribution in [1.82, 2.24) is 10.6 Å². The van der Waals surface area contributed by atoms with Crippen LogP contribution in [0.3, 0.4) is 0 Å². The second-order valence-corrected chi connectivity index (χ2v) is 5.11. The van der Waals surface area contributed by atoms with E-state index in [4.69, 9.17) is 4.74 Å². The van der Waals surface area contributed by atoms with Crippen LogP contribution in [-0.2, 0) is 9.53 Å². The van der Waals surface area contributed by atoms with E-state index in [2.05, 4.69) is 16.9 Å². The van der Waals surface area contributed by atoms with Gasteiger partial charge in [-0.2, -0.15) is 11.8 Å². The molecule has 94 valence electrons. The number of thioether (sulfide) groups is 1. The molecule has 2 atom stereocenters. The number of ether oxygens (including phenoxy) is 1. The van der Waals surface area contributed by atoms with Gasteiger partial charge in [-0.15, -0.1) is 0 Å². The van der Waals surface area contributed by atoms with Crippen LogP contribution in [-0.4, -0.2) is 50.3 Å². The predicted octanol–water partition coefficient (Wildman–Crippen LogP) is 0.623. The molecule has 0 aromatic carbocycles. The monoisotopic (exact) mass is 246 g/mol. The van der Waals surface area contributed by atoms with Gasteiger partial charge in [-0.1, -0.05) is 6.42 Å². The van der Waals surface area contributed by atoms with E-state index in [1.165, 1.54) is 19.3 Å². The Morgan fingerprint density at radius 2 is 2.31 bits per heavy atom. The molecule has 0 bridgehead atoms. The van der Waals surface area contributed by atoms with Gasteiger partial charge in [-0.05, 0) is 19.1 Å². The topological polar surface area (TPSA) is 50.4 Å². The molecular formula is C11H22N2O2S. The third-order valence-electron chi connectivity index (χ3n) is 2.91. The molecule has 16 heavy (non-hydrogen) atoms. The van der Waals surface area contributed by atoms with E-state index in [-0.39, 0.29) is 5.91 Å². The summed E-state index contributed by atoms with van der Waals surface area (Å²) in [7, 11) is 1.63. The number of carbonyl (C=O) groups excluding carboxylic acids is 1. The van der Waals surface area contributed by atoms with Gasteiger partial charge in [0.1, 0.15) is 0 Å². The average molecular weight is 246 g/mol. The summed E-state index contributed by atoms with van der Waals surface area (Å²) < 4.78 is 4.87. The van der Waals surface area contributed by atoms with Crippen LogP contribution in [0.2, 0.25) is 0 Å². The lowest BCUT2D eigenvalue weighted by atomic mass is 10.2. The summed E-state index contributed by atoms with van der Waals surface area (Å²) in [4.78, 5) is 11.4. The number of hydrogen-bond acceptors (Lipinski definition) is 4. The van der Waals surface area contributed by atoms with E-state index in [0.29, 0.717) is 31.0 Å². The summed E-state index contributed by atoms with van der Waals surface area (Å²) in [6, 6.07) is 0.503. The first-order valence-electron chi connectivity index (χ1n) is 5.79. The minimum atomic E-state index is 0.0591. The van der Waals surface area contributed by atoms with Gasteiger partial charge >= 0.3 is 0 Å². The molecular weight excluding hydrogens is 224 g/mol. The molecule has 0 saturated heterocycles. The standard InChI is InChI=1S/C11H22N2O2S/c1-15-7-6-12-11(14)8-13-9-4-3-5-10(9)16-2/h9-10,13H,3-8H2,1-2H3,(H,12,14). The Morgan fingerprint density at radius 1 is 1.50 bits per heavy atom. The molecule has 0 aliphatic heterocycles. The average Bonchev–Trinajstić information content (AvgIpc) is 2.74. The first-order valence-corrected chi connectivity index (χ1v) is 7.08. The van der Waals surface area contributed by atoms with Crippen molar-refractivity contribution < 1.29 is 9.53 Å². The van der Waals surface area contributed by atoms with Crippen LogP contribution in [0, 0.1) is 0 Å². The van der Waals surface area contributed by atoms with Gasteiger partial charge in [0.05, 0.1) is 13.2 Å². The summed E-state index contributed by atoms with van der Waals surface area (Å²) in [5.74, 6) is 0.0591. The zero-order valence-corrected chi connectivity index (χ0v) is 10.9. The van der Waals surface area contributed by atoms with Crippen molar-refractivity contribution in [2.24, 2.45) is 0 Å². The first kappa shape index (κ1) is 13.8. The number of amides is 1. The zero-order chi connectivity index (χ0) is 11.8. The Morgan fingerprint density at radius 3 is 3.00 bits per heavy atom. The highest BCUT2D eigenvalue weighted by molar-refractivity contribution is 7.99. The summed E-state index contributed by atoms with van der Waals surface area (Å²) >= 11 is 1.90. The van der Waals surface area contributed by atoms with Gasteiger partial charge in [0.15, 0.2) is 0 Å². The smallest absolute Gasteiger partial charge is 0.234 e. The lowest BCUT2D eigenvalue weighted by Gasteiger charge is -2.18. The second kappa shape index (κ2) is 7.92. The highest BCUT2D eigenvalue weighted by Crippen LogP contribution is 2.28. The molecule has 0 spiro atoms. The van der Waals surface area contributed by atoms with Crippen LogP contribution in [0.25, 0.3) is 0 Å². The van der Waals surface area contributed by atoms with Gasteiger partial charge in [-0.3, -0.25) is 4.79 Å². The van der Waals surface area contributed by atoms with Crippen LogP contribution < -0.4 is 10.6 Å². The summed E-state index contributed by atoms with van der Waals surface area (Å²) in [6.07, 6.45) is 5.87. The Kier molecular flexibility index (Phi) is 6.84. The molecule has 0 radical (unpaired) electrons. The van der Waals surface area contributed by atoms with Gasteiger partial charge in [0, 0.05) is 24.9 Å². The van der Waals surface area contributed by atoms with Crippen LogP contribution in [0.5, 0.6) is 0 Å². The minimum absolute atomic E-state index is 0.0591. The number of hydrogen-bond donors (Lipinski definition) is 2. The fraction of sp³-hybridized carbons (Fsp3) is 0.909. The Labute approximate surface area is 102 Å². The number of carbonyl (C=O) groups is 1. The van der Waals surface area contributed by atoms with Crippen molar-refractivity contribution in [3.05, 3.63) is 0 Å². The van der Waals surface area contributed by atoms with E-state index < -0.39 is 0 Å². The maximum absolute atomic E-state index is 11.4. The molecule has 1 aliphatic rings. The maximum Gasteiger partial charge on any atom is 0.234 e. The molecule has 0 aromatic rings. The van der Waals surface area contributed by atoms with Crippen molar-refractivity contribution in [1.29, 1.82) is 0 Å². The summed E-state index contributed by atoms with van der Waals surface area (Å²) in [5, 5.41) is 6.82. The molecule has 1 fully saturated rings. The predicted molar refractivity (Wildman–Crippen MR) is 67.8 cm³/mol. The highest BCUT2D eigenvalue weighted by Gasteiger charge is 2.26. The quantitative estimate of drug-likeness (QED) is 0.647. The summed E-state index contributed by atoms with van der Waals surface area (Å²) in [5.41, 5.74) is 0. The van der Waals surface area contributed by atoms with Crippen molar-refractivity contribution in [3.63, 3.8) is 0 Å². The molecule has 2 N–H and O–H groups in total. The van der Waals surface area contributed by atoms with Crippen molar-refractivity contribution in [3.8, 4) is 0 Å². The Bertz CT molecular complexity index is 214. The fourth-order valence-corrected chi connectivity index (χ4v) is 2.98. The maximum atomic E-state index is 11.4. The van der Waals surface area contributed by atoms with Gasteiger partial charge < -0.3 is 15.4 Å². The van der Waals surface area contributed by atoms with Crippen LogP contribution in [0.15, 0.2) is 0 Å². The third kappa shape index (κ3) is 4.72. The molecule has 0 aromatic heterocycles. The molecule has 0 heterocycles. The molecule has 1 aliphatic carbocycles. The van der Waals surface area contributed by atoms with Crippen molar-refractivity contribution in [2.75, 3.05) is 33.1 Å². The van der Waals surface area contributed by atoms with Crippen LogP contribution in [0.1, 0.15) is 19.3 Å². The molecule has 1 rings (SSSR count). The van der Waals surface area contributed by atoms with Crippen molar-refractivity contribution >= 4 is 17.7 Å². The lowest BCUT2D eigenvalue weighted by Crippen LogP contribution is -2.42. The summed E-state index contributed by atoms with van der Waals surface area (Å²) in [6.45, 7) is 1.59. The Hall–Kier alpha value is -0.260. The molecule has 5 heteroatoms. The number of methoxy groups -OCH3 is 1. The fourth-order valence-electron chi connectivity index (χ4n) is 2.02. The third-order valence-corrected chi connectivity index (χ3v) is 4.08. The molecule has 2 unspecified atom stereocenters. The first-order chi connectivity index (χ1) is 7.77. The number of rotatable bonds is 7. The van der Waals surface area contributed by atoms with Gasteiger partial charge in [0.25, 0.3) is 0 Å². The zero-order valence-electron chi connectivity index (χ0n) is 10.1. The van der Waals surface area contributed by atoms with Crippen LogP contribution >= 0.6 is 11.8 Å². The van der Waals surface area contributed by atoms with E-state index in [0.717, 1.165) is 0 Å². The largest absolute Gasteiger partial charge is 0.383 e. The molecule has 4 nitrogen and oxygen atoms in total. The van der Waals surface area contributed by atoms with E-state index in [1.54, 1.807) is 7.11 Å². The van der Waals surface area contributed by atoms with Gasteiger partial charge in [0.2, 0.25) is 5.91 Å². The normalized spacial score (nSPS) is 24.6. The van der Waals surface area contributed by atoms with E-state index >= 15 is 0 Å². The minimum Gasteiger partial charge on any atom is -0.383 e. The molecule has 1 amide bonds. The number of nitrogens with one attached hydrogen (secondary N) is 2. The highest BCUT2D eigenvalue weighted by atomic mass is 32.2. The van der Waals surface area contributed by atoms with Crippen LogP contribution in [0.4, 0.5) is 0 Å². The van der Waals surface area contributed by atoms with E-state index in [9.17, 15) is 4.79 Å². The second-order valence-electron chi connectivity index (χ2n) is 4.04. The Balaban J connectivity index is 2.11. The molecule has 1 saturated carbocycles. The van der Waals surface area contributed by atoms with Crippen molar-refractivity contribution in [2.45, 2.75) is 30.6 Å².